The minimum atomic E-state index is -0.889. The lowest BCUT2D eigenvalue weighted by atomic mass is 9.76. The first-order chi connectivity index (χ1) is 11.3. The van der Waals surface area contributed by atoms with Crippen molar-refractivity contribution < 1.29 is 14.3 Å². The van der Waals surface area contributed by atoms with Crippen molar-refractivity contribution in [3.63, 3.8) is 0 Å². The van der Waals surface area contributed by atoms with E-state index in [-0.39, 0.29) is 11.2 Å². The highest BCUT2D eigenvalue weighted by molar-refractivity contribution is 7.16. The highest BCUT2D eigenvalue weighted by Gasteiger charge is 2.33. The number of benzene rings is 1. The third-order valence-electron chi connectivity index (χ3n) is 4.67. The van der Waals surface area contributed by atoms with Gasteiger partial charge in [-0.05, 0) is 60.5 Å². The molecule has 0 saturated carbocycles. The first-order valence-electron chi connectivity index (χ1n) is 8.13. The smallest absolute Gasteiger partial charge is 0.337 e. The zero-order valence-electron chi connectivity index (χ0n) is 14.2. The number of fused-ring (bicyclic) bond motifs is 1. The molecule has 0 bridgehead atoms. The second-order valence-electron chi connectivity index (χ2n) is 7.19. The van der Waals surface area contributed by atoms with Gasteiger partial charge in [-0.15, -0.1) is 11.3 Å². The molecule has 0 aliphatic heterocycles. The predicted molar refractivity (Wildman–Crippen MR) is 95.2 cm³/mol. The number of nitrogens with one attached hydrogen (secondary N) is 1. The summed E-state index contributed by atoms with van der Waals surface area (Å²) in [5.74, 6) is -1.19. The van der Waals surface area contributed by atoms with Crippen molar-refractivity contribution in [1.82, 2.24) is 5.32 Å². The van der Waals surface area contributed by atoms with Gasteiger partial charge in [-0.25, -0.2) is 9.18 Å². The zero-order chi connectivity index (χ0) is 17.5. The van der Waals surface area contributed by atoms with Crippen LogP contribution in [0.2, 0.25) is 0 Å². The molecule has 1 heterocycles. The minimum absolute atomic E-state index is 0.117. The second-order valence-corrected chi connectivity index (χ2v) is 8.29. The summed E-state index contributed by atoms with van der Waals surface area (Å²) in [5, 5.41) is 12.9. The number of aryl methyl sites for hydroxylation is 1. The van der Waals surface area contributed by atoms with Crippen LogP contribution < -0.4 is 5.32 Å². The van der Waals surface area contributed by atoms with Crippen molar-refractivity contribution in [3.8, 4) is 10.4 Å². The maximum absolute atomic E-state index is 13.6. The van der Waals surface area contributed by atoms with Gasteiger partial charge in [0.25, 0.3) is 0 Å². The first-order valence-corrected chi connectivity index (χ1v) is 8.95. The number of rotatable bonds is 4. The Kier molecular flexibility index (Phi) is 4.49. The summed E-state index contributed by atoms with van der Waals surface area (Å²) in [6, 6.07) is 4.60. The van der Waals surface area contributed by atoms with Crippen LogP contribution in [-0.4, -0.2) is 18.1 Å². The fourth-order valence-corrected chi connectivity index (χ4v) is 4.83. The van der Waals surface area contributed by atoms with E-state index in [1.54, 1.807) is 24.5 Å². The Morgan fingerprint density at radius 2 is 2.17 bits per heavy atom. The van der Waals surface area contributed by atoms with E-state index in [1.165, 1.54) is 17.0 Å². The number of carboxylic acid groups (broad SMARTS) is 1. The van der Waals surface area contributed by atoms with Crippen LogP contribution in [0.1, 0.15) is 46.6 Å². The van der Waals surface area contributed by atoms with E-state index in [9.17, 15) is 14.3 Å². The number of aromatic carboxylic acids is 1. The van der Waals surface area contributed by atoms with E-state index in [0.29, 0.717) is 12.1 Å². The lowest BCUT2D eigenvalue weighted by Gasteiger charge is -2.29. The molecule has 128 valence electrons. The van der Waals surface area contributed by atoms with Gasteiger partial charge in [0.1, 0.15) is 5.82 Å². The molecule has 3 nitrogen and oxygen atoms in total. The third kappa shape index (κ3) is 3.10. The molecule has 0 atom stereocenters. The maximum Gasteiger partial charge on any atom is 0.337 e. The molecule has 0 saturated heterocycles. The molecular formula is C19H22FNO2S. The SMILES string of the molecule is CNCc1cc(F)ccc1-c1sc2c(c1C(=O)O)CC(C)(C)CC2. The molecule has 0 amide bonds. The molecule has 1 aromatic carbocycles. The van der Waals surface area contributed by atoms with Gasteiger partial charge >= 0.3 is 5.97 Å². The summed E-state index contributed by atoms with van der Waals surface area (Å²) in [7, 11) is 1.80. The van der Waals surface area contributed by atoms with Crippen LogP contribution in [0.4, 0.5) is 4.39 Å². The molecule has 0 fully saturated rings. The van der Waals surface area contributed by atoms with Crippen LogP contribution >= 0.6 is 11.3 Å². The summed E-state index contributed by atoms with van der Waals surface area (Å²) >= 11 is 1.56. The minimum Gasteiger partial charge on any atom is -0.478 e. The molecule has 2 aromatic rings. The van der Waals surface area contributed by atoms with Crippen LogP contribution in [0.5, 0.6) is 0 Å². The fraction of sp³-hybridized carbons (Fsp3) is 0.421. The second kappa shape index (κ2) is 6.30. The van der Waals surface area contributed by atoms with Crippen molar-refractivity contribution >= 4 is 17.3 Å². The Morgan fingerprint density at radius 3 is 2.83 bits per heavy atom. The van der Waals surface area contributed by atoms with E-state index >= 15 is 0 Å². The van der Waals surface area contributed by atoms with Gasteiger partial charge in [0, 0.05) is 16.3 Å². The van der Waals surface area contributed by atoms with E-state index in [2.05, 4.69) is 19.2 Å². The normalized spacial score (nSPS) is 16.0. The van der Waals surface area contributed by atoms with Crippen molar-refractivity contribution in [3.05, 3.63) is 45.6 Å². The number of hydrogen-bond donors (Lipinski definition) is 2. The number of hydrogen-bond acceptors (Lipinski definition) is 3. The van der Waals surface area contributed by atoms with Crippen molar-refractivity contribution in [1.29, 1.82) is 0 Å². The molecule has 2 N–H and O–H groups in total. The van der Waals surface area contributed by atoms with Crippen molar-refractivity contribution in [2.24, 2.45) is 5.41 Å². The molecule has 5 heteroatoms. The van der Waals surface area contributed by atoms with Crippen LogP contribution in [0, 0.1) is 11.2 Å². The van der Waals surface area contributed by atoms with Crippen LogP contribution in [0.3, 0.4) is 0 Å². The maximum atomic E-state index is 13.6. The molecule has 1 aliphatic carbocycles. The molecular weight excluding hydrogens is 325 g/mol. The highest BCUT2D eigenvalue weighted by Crippen LogP contribution is 2.45. The number of carbonyl (C=O) groups is 1. The Hall–Kier alpha value is -1.72. The van der Waals surface area contributed by atoms with Gasteiger partial charge in [0.2, 0.25) is 0 Å². The van der Waals surface area contributed by atoms with E-state index in [1.807, 2.05) is 0 Å². The Labute approximate surface area is 145 Å². The van der Waals surface area contributed by atoms with Gasteiger partial charge < -0.3 is 10.4 Å². The lowest BCUT2D eigenvalue weighted by molar-refractivity contribution is 0.0696. The molecule has 0 unspecified atom stereocenters. The summed E-state index contributed by atoms with van der Waals surface area (Å²) in [5.41, 5.74) is 3.11. The summed E-state index contributed by atoms with van der Waals surface area (Å²) < 4.78 is 13.6. The average molecular weight is 347 g/mol. The quantitative estimate of drug-likeness (QED) is 0.857. The van der Waals surface area contributed by atoms with Crippen LogP contribution in [0.25, 0.3) is 10.4 Å². The summed E-state index contributed by atoms with van der Waals surface area (Å²) in [6.07, 6.45) is 2.75. The molecule has 0 radical (unpaired) electrons. The Balaban J connectivity index is 2.20. The molecule has 3 rings (SSSR count). The lowest BCUT2D eigenvalue weighted by Crippen LogP contribution is -2.22. The topological polar surface area (TPSA) is 49.3 Å². The average Bonchev–Trinajstić information content (AvgIpc) is 2.84. The Bertz CT molecular complexity index is 795. The van der Waals surface area contributed by atoms with Gasteiger partial charge in [-0.2, -0.15) is 0 Å². The van der Waals surface area contributed by atoms with E-state index < -0.39 is 5.97 Å². The number of carboxylic acids is 1. The third-order valence-corrected chi connectivity index (χ3v) is 5.99. The van der Waals surface area contributed by atoms with E-state index in [4.69, 9.17) is 0 Å². The monoisotopic (exact) mass is 347 g/mol. The van der Waals surface area contributed by atoms with Gasteiger partial charge in [-0.3, -0.25) is 0 Å². The highest BCUT2D eigenvalue weighted by atomic mass is 32.1. The van der Waals surface area contributed by atoms with Gasteiger partial charge in [0.05, 0.1) is 5.56 Å². The number of thiophene rings is 1. The van der Waals surface area contributed by atoms with Gasteiger partial charge in [-0.1, -0.05) is 19.9 Å². The van der Waals surface area contributed by atoms with Crippen LogP contribution in [-0.2, 0) is 19.4 Å². The molecule has 1 aromatic heterocycles. The first kappa shape index (κ1) is 17.1. The molecule has 0 spiro atoms. The standard InChI is InChI=1S/C19H22FNO2S/c1-19(2)7-6-15-14(9-19)16(18(22)23)17(24-15)13-5-4-12(20)8-11(13)10-21-3/h4-5,8,21H,6-7,9-10H2,1-3H3,(H,22,23). The van der Waals surface area contributed by atoms with Crippen LogP contribution in [0.15, 0.2) is 18.2 Å². The van der Waals surface area contributed by atoms with E-state index in [0.717, 1.165) is 40.8 Å². The van der Waals surface area contributed by atoms with Crippen molar-refractivity contribution in [2.75, 3.05) is 7.05 Å². The van der Waals surface area contributed by atoms with Crippen molar-refractivity contribution in [2.45, 2.75) is 39.7 Å². The summed E-state index contributed by atoms with van der Waals surface area (Å²) in [6.45, 7) is 4.87. The molecule has 24 heavy (non-hydrogen) atoms. The van der Waals surface area contributed by atoms with Gasteiger partial charge in [0.15, 0.2) is 0 Å². The fourth-order valence-electron chi connectivity index (χ4n) is 3.46. The predicted octanol–water partition coefficient (Wildman–Crippen LogP) is 4.49. The molecule has 1 aliphatic rings. The zero-order valence-corrected chi connectivity index (χ0v) is 15.0. The largest absolute Gasteiger partial charge is 0.478 e. The summed E-state index contributed by atoms with van der Waals surface area (Å²) in [4.78, 5) is 13.9. The Morgan fingerprint density at radius 1 is 1.42 bits per heavy atom. The number of halogens is 1.